The molecule has 2 nitrogen and oxygen atoms in total. The zero-order valence-corrected chi connectivity index (χ0v) is 27.6. The normalized spacial score (nSPS) is 11.9. The lowest BCUT2D eigenvalue weighted by molar-refractivity contribution is 0.623. The largest absolute Gasteiger partial charge is 0.435 e. The van der Waals surface area contributed by atoms with Crippen LogP contribution in [-0.2, 0) is 0 Å². The predicted molar refractivity (Wildman–Crippen MR) is 215 cm³/mol. The van der Waals surface area contributed by atoms with Gasteiger partial charge in [-0.25, -0.2) is 4.98 Å². The highest BCUT2D eigenvalue weighted by molar-refractivity contribution is 6.26. The molecule has 51 heavy (non-hydrogen) atoms. The molecular weight excluding hydrogens is 619 g/mol. The molecule has 0 N–H and O–H groups in total. The molecular formula is C49H29NO. The smallest absolute Gasteiger partial charge is 0.227 e. The summed E-state index contributed by atoms with van der Waals surface area (Å²) in [6.07, 6.45) is 0. The Morgan fingerprint density at radius 3 is 1.75 bits per heavy atom. The molecule has 0 aliphatic carbocycles. The second-order valence-corrected chi connectivity index (χ2v) is 13.4. The van der Waals surface area contributed by atoms with Gasteiger partial charge in [-0.05, 0) is 106 Å². The molecule has 0 atom stereocenters. The van der Waals surface area contributed by atoms with Crippen molar-refractivity contribution in [1.29, 1.82) is 0 Å². The number of fused-ring (bicyclic) bond motifs is 10. The van der Waals surface area contributed by atoms with E-state index in [1.807, 2.05) is 30.3 Å². The SMILES string of the molecule is c1ccc(-c2nc3ccc4ccc5cc(-c6c7ccccc7c(-c7cccc8c7ccc7ccccc78)c7ccccc67)ccc5c4c3o2)cc1. The summed E-state index contributed by atoms with van der Waals surface area (Å²) in [4.78, 5) is 4.87. The van der Waals surface area contributed by atoms with Crippen molar-refractivity contribution < 1.29 is 4.42 Å². The first-order chi connectivity index (χ1) is 25.3. The first-order valence-electron chi connectivity index (χ1n) is 17.5. The minimum absolute atomic E-state index is 0.643. The van der Waals surface area contributed by atoms with Crippen molar-refractivity contribution in [3.05, 3.63) is 176 Å². The van der Waals surface area contributed by atoms with Gasteiger partial charge in [0.05, 0.1) is 0 Å². The zero-order valence-electron chi connectivity index (χ0n) is 27.6. The van der Waals surface area contributed by atoms with Gasteiger partial charge in [0, 0.05) is 10.9 Å². The van der Waals surface area contributed by atoms with Crippen LogP contribution in [0.25, 0.3) is 109 Å². The van der Waals surface area contributed by atoms with Crippen molar-refractivity contribution >= 4 is 75.7 Å². The van der Waals surface area contributed by atoms with Crippen molar-refractivity contribution in [3.63, 3.8) is 0 Å². The van der Waals surface area contributed by atoms with Gasteiger partial charge in [-0.2, -0.15) is 0 Å². The van der Waals surface area contributed by atoms with Gasteiger partial charge in [-0.15, -0.1) is 0 Å². The van der Waals surface area contributed by atoms with Crippen LogP contribution in [0.3, 0.4) is 0 Å². The highest BCUT2D eigenvalue weighted by atomic mass is 16.3. The molecule has 11 rings (SSSR count). The van der Waals surface area contributed by atoms with E-state index in [0.717, 1.165) is 32.8 Å². The lowest BCUT2D eigenvalue weighted by atomic mass is 9.84. The van der Waals surface area contributed by atoms with Crippen LogP contribution < -0.4 is 0 Å². The van der Waals surface area contributed by atoms with Crippen LogP contribution in [0, 0.1) is 0 Å². The maximum absolute atomic E-state index is 6.50. The molecule has 2 heteroatoms. The minimum Gasteiger partial charge on any atom is -0.435 e. The molecule has 0 bridgehead atoms. The summed E-state index contributed by atoms with van der Waals surface area (Å²) in [6, 6.07) is 63.5. The van der Waals surface area contributed by atoms with Crippen molar-refractivity contribution in [2.75, 3.05) is 0 Å². The third kappa shape index (κ3) is 4.20. The molecule has 11 aromatic rings. The molecule has 0 unspecified atom stereocenters. The van der Waals surface area contributed by atoms with E-state index in [-0.39, 0.29) is 0 Å². The van der Waals surface area contributed by atoms with E-state index in [4.69, 9.17) is 9.40 Å². The van der Waals surface area contributed by atoms with E-state index in [1.165, 1.54) is 70.7 Å². The summed E-state index contributed by atoms with van der Waals surface area (Å²) >= 11 is 0. The highest BCUT2D eigenvalue weighted by Gasteiger charge is 2.19. The van der Waals surface area contributed by atoms with Gasteiger partial charge in [-0.3, -0.25) is 0 Å². The Morgan fingerprint density at radius 1 is 0.353 bits per heavy atom. The number of oxazole rings is 1. The fraction of sp³-hybridized carbons (Fsp3) is 0. The van der Waals surface area contributed by atoms with Crippen molar-refractivity contribution in [3.8, 4) is 33.7 Å². The van der Waals surface area contributed by atoms with Gasteiger partial charge in [-0.1, -0.05) is 152 Å². The predicted octanol–water partition coefficient (Wildman–Crippen LogP) is 13.7. The van der Waals surface area contributed by atoms with Gasteiger partial charge < -0.3 is 4.42 Å². The lowest BCUT2D eigenvalue weighted by Crippen LogP contribution is -1.92. The average molecular weight is 648 g/mol. The maximum Gasteiger partial charge on any atom is 0.227 e. The number of nitrogens with zero attached hydrogens (tertiary/aromatic N) is 1. The Bertz CT molecular complexity index is 3130. The summed E-state index contributed by atoms with van der Waals surface area (Å²) in [5.41, 5.74) is 7.65. The monoisotopic (exact) mass is 647 g/mol. The molecule has 0 aliphatic rings. The second kappa shape index (κ2) is 10.9. The molecule has 1 heterocycles. The number of rotatable bonds is 3. The van der Waals surface area contributed by atoms with Crippen molar-refractivity contribution in [2.24, 2.45) is 0 Å². The summed E-state index contributed by atoms with van der Waals surface area (Å²) in [5, 5.41) is 14.7. The molecule has 1 aromatic heterocycles. The summed E-state index contributed by atoms with van der Waals surface area (Å²) in [6.45, 7) is 0. The summed E-state index contributed by atoms with van der Waals surface area (Å²) < 4.78 is 6.50. The Kier molecular flexibility index (Phi) is 5.99. The Labute approximate surface area is 293 Å². The number of hydrogen-bond donors (Lipinski definition) is 0. The van der Waals surface area contributed by atoms with Gasteiger partial charge >= 0.3 is 0 Å². The molecule has 0 radical (unpaired) electrons. The Balaban J connectivity index is 1.17. The van der Waals surface area contributed by atoms with Crippen LogP contribution in [0.5, 0.6) is 0 Å². The first kappa shape index (κ1) is 28.1. The van der Waals surface area contributed by atoms with Crippen molar-refractivity contribution in [2.45, 2.75) is 0 Å². The Morgan fingerprint density at radius 2 is 0.961 bits per heavy atom. The molecule has 0 saturated carbocycles. The third-order valence-corrected chi connectivity index (χ3v) is 10.7. The van der Waals surface area contributed by atoms with Gasteiger partial charge in [0.15, 0.2) is 5.58 Å². The first-order valence-corrected chi connectivity index (χ1v) is 17.5. The lowest BCUT2D eigenvalue weighted by Gasteiger charge is -2.19. The Hall–Kier alpha value is -6.77. The number of aromatic nitrogens is 1. The summed E-state index contributed by atoms with van der Waals surface area (Å²) in [5.74, 6) is 0.643. The fourth-order valence-corrected chi connectivity index (χ4v) is 8.38. The average Bonchev–Trinajstić information content (AvgIpc) is 3.65. The second-order valence-electron chi connectivity index (χ2n) is 13.4. The topological polar surface area (TPSA) is 26.0 Å². The quantitative estimate of drug-likeness (QED) is 0.141. The van der Waals surface area contributed by atoms with Gasteiger partial charge in [0.25, 0.3) is 0 Å². The van der Waals surface area contributed by atoms with E-state index in [0.29, 0.717) is 5.89 Å². The number of hydrogen-bond acceptors (Lipinski definition) is 2. The molecule has 10 aromatic carbocycles. The van der Waals surface area contributed by atoms with Crippen LogP contribution >= 0.6 is 0 Å². The van der Waals surface area contributed by atoms with E-state index in [9.17, 15) is 0 Å². The molecule has 0 fully saturated rings. The number of benzene rings is 10. The van der Waals surface area contributed by atoms with Crippen LogP contribution in [0.4, 0.5) is 0 Å². The molecule has 236 valence electrons. The van der Waals surface area contributed by atoms with Crippen LogP contribution in [0.1, 0.15) is 0 Å². The van der Waals surface area contributed by atoms with E-state index < -0.39 is 0 Å². The molecule has 0 aliphatic heterocycles. The van der Waals surface area contributed by atoms with Crippen LogP contribution in [0.15, 0.2) is 180 Å². The zero-order chi connectivity index (χ0) is 33.5. The van der Waals surface area contributed by atoms with Crippen LogP contribution in [-0.4, -0.2) is 4.98 Å². The maximum atomic E-state index is 6.50. The molecule has 0 saturated heterocycles. The summed E-state index contributed by atoms with van der Waals surface area (Å²) in [7, 11) is 0. The van der Waals surface area contributed by atoms with Crippen LogP contribution in [0.2, 0.25) is 0 Å². The highest BCUT2D eigenvalue weighted by Crippen LogP contribution is 2.46. The fourth-order valence-electron chi connectivity index (χ4n) is 8.38. The van der Waals surface area contributed by atoms with E-state index in [1.54, 1.807) is 0 Å². The van der Waals surface area contributed by atoms with E-state index in [2.05, 4.69) is 146 Å². The van der Waals surface area contributed by atoms with Crippen molar-refractivity contribution in [1.82, 2.24) is 4.98 Å². The van der Waals surface area contributed by atoms with E-state index >= 15 is 0 Å². The molecule has 0 spiro atoms. The minimum atomic E-state index is 0.643. The van der Waals surface area contributed by atoms with Gasteiger partial charge in [0.2, 0.25) is 5.89 Å². The third-order valence-electron chi connectivity index (χ3n) is 10.7. The molecule has 0 amide bonds. The van der Waals surface area contributed by atoms with Gasteiger partial charge in [0.1, 0.15) is 5.52 Å². The standard InChI is InChI=1S/C49H29NO/c1-2-12-32(13-3-1)49-50-44-28-25-31-21-22-33-29-34(24-26-36(33)46(31)48(44)51-49)45-40-15-6-8-17-42(40)47(43-18-9-7-16-41(43)45)39-20-10-19-37-35-14-5-4-11-30(35)23-27-38(37)39/h1-29H.